The van der Waals surface area contributed by atoms with Crippen molar-refractivity contribution in [2.75, 3.05) is 12.1 Å². The quantitative estimate of drug-likeness (QED) is 0.743. The normalized spacial score (nSPS) is 13.4. The standard InChI is InChI=1S/C21H19NO4/c1-2-17(26-18-9-5-7-14-6-3-4-8-16(14)18)21(23)22-15-10-11-19-20(12-15)25-13-24-19/h3-12,17H,2,13H2,1H3,(H,22,23)/t17-/m1/s1. The van der Waals surface area contributed by atoms with Crippen molar-refractivity contribution in [3.63, 3.8) is 0 Å². The number of anilines is 1. The number of nitrogens with one attached hydrogen (secondary N) is 1. The van der Waals surface area contributed by atoms with Crippen LogP contribution in [0.4, 0.5) is 5.69 Å². The molecule has 0 fully saturated rings. The topological polar surface area (TPSA) is 56.8 Å². The molecule has 1 N–H and O–H groups in total. The van der Waals surface area contributed by atoms with Gasteiger partial charge in [0.25, 0.3) is 5.91 Å². The number of ether oxygens (including phenoxy) is 3. The second kappa shape index (κ2) is 6.96. The van der Waals surface area contributed by atoms with Gasteiger partial charge in [-0.2, -0.15) is 0 Å². The Hall–Kier alpha value is -3.21. The van der Waals surface area contributed by atoms with Crippen molar-refractivity contribution in [1.82, 2.24) is 0 Å². The Morgan fingerprint density at radius 2 is 1.88 bits per heavy atom. The molecule has 132 valence electrons. The Morgan fingerprint density at radius 1 is 1.08 bits per heavy atom. The van der Waals surface area contributed by atoms with Gasteiger partial charge in [0.05, 0.1) is 0 Å². The maximum atomic E-state index is 12.7. The molecule has 0 radical (unpaired) electrons. The molecule has 1 aliphatic rings. The van der Waals surface area contributed by atoms with Gasteiger partial charge in [0.2, 0.25) is 6.79 Å². The molecular weight excluding hydrogens is 330 g/mol. The van der Waals surface area contributed by atoms with Crippen molar-refractivity contribution in [3.05, 3.63) is 60.7 Å². The molecule has 4 rings (SSSR count). The first-order valence-corrected chi connectivity index (χ1v) is 8.59. The van der Waals surface area contributed by atoms with Crippen LogP contribution in [0, 0.1) is 0 Å². The van der Waals surface area contributed by atoms with E-state index in [1.54, 1.807) is 18.2 Å². The number of carbonyl (C=O) groups excluding carboxylic acids is 1. The highest BCUT2D eigenvalue weighted by Gasteiger charge is 2.21. The summed E-state index contributed by atoms with van der Waals surface area (Å²) in [7, 11) is 0. The van der Waals surface area contributed by atoms with Gasteiger partial charge in [-0.3, -0.25) is 4.79 Å². The number of fused-ring (bicyclic) bond motifs is 2. The van der Waals surface area contributed by atoms with Crippen LogP contribution < -0.4 is 19.5 Å². The summed E-state index contributed by atoms with van der Waals surface area (Å²) in [5, 5.41) is 4.96. The third-order valence-corrected chi connectivity index (χ3v) is 4.32. The fraction of sp³-hybridized carbons (Fsp3) is 0.190. The van der Waals surface area contributed by atoms with E-state index < -0.39 is 6.10 Å². The number of hydrogen-bond donors (Lipinski definition) is 1. The zero-order chi connectivity index (χ0) is 17.9. The van der Waals surface area contributed by atoms with Crippen LogP contribution in [0.25, 0.3) is 10.8 Å². The Bertz CT molecular complexity index is 948. The van der Waals surface area contributed by atoms with Gasteiger partial charge < -0.3 is 19.5 Å². The molecule has 3 aromatic rings. The second-order valence-electron chi connectivity index (χ2n) is 6.05. The Balaban J connectivity index is 1.52. The molecular formula is C21H19NO4. The summed E-state index contributed by atoms with van der Waals surface area (Å²) in [5.41, 5.74) is 0.652. The fourth-order valence-electron chi connectivity index (χ4n) is 2.97. The van der Waals surface area contributed by atoms with Gasteiger partial charge in [0.1, 0.15) is 5.75 Å². The molecule has 1 aliphatic heterocycles. The zero-order valence-corrected chi connectivity index (χ0v) is 14.4. The lowest BCUT2D eigenvalue weighted by Crippen LogP contribution is -2.32. The first-order valence-electron chi connectivity index (χ1n) is 8.59. The minimum atomic E-state index is -0.591. The van der Waals surface area contributed by atoms with Gasteiger partial charge in [-0.05, 0) is 30.0 Å². The van der Waals surface area contributed by atoms with Gasteiger partial charge in [-0.15, -0.1) is 0 Å². The van der Waals surface area contributed by atoms with Gasteiger partial charge in [-0.25, -0.2) is 0 Å². The van der Waals surface area contributed by atoms with E-state index in [4.69, 9.17) is 14.2 Å². The van der Waals surface area contributed by atoms with Gasteiger partial charge in [0.15, 0.2) is 17.6 Å². The Kier molecular flexibility index (Phi) is 4.35. The van der Waals surface area contributed by atoms with Crippen molar-refractivity contribution < 1.29 is 19.0 Å². The summed E-state index contributed by atoms with van der Waals surface area (Å²) < 4.78 is 16.7. The minimum absolute atomic E-state index is 0.195. The van der Waals surface area contributed by atoms with Gasteiger partial charge >= 0.3 is 0 Å². The summed E-state index contributed by atoms with van der Waals surface area (Å²) in [4.78, 5) is 12.7. The van der Waals surface area contributed by atoms with Crippen molar-refractivity contribution in [2.24, 2.45) is 0 Å². The Labute approximate surface area is 151 Å². The van der Waals surface area contributed by atoms with Crippen LogP contribution >= 0.6 is 0 Å². The average Bonchev–Trinajstić information content (AvgIpc) is 3.14. The maximum absolute atomic E-state index is 12.7. The number of amides is 1. The summed E-state index contributed by atoms with van der Waals surface area (Å²) in [5.74, 6) is 1.82. The number of carbonyl (C=O) groups is 1. The van der Waals surface area contributed by atoms with E-state index in [9.17, 15) is 4.79 Å². The lowest BCUT2D eigenvalue weighted by Gasteiger charge is -2.18. The molecule has 0 unspecified atom stereocenters. The third kappa shape index (κ3) is 3.16. The number of rotatable bonds is 5. The zero-order valence-electron chi connectivity index (χ0n) is 14.4. The first kappa shape index (κ1) is 16.3. The highest BCUT2D eigenvalue weighted by molar-refractivity contribution is 5.95. The predicted octanol–water partition coefficient (Wildman–Crippen LogP) is 4.36. The molecule has 26 heavy (non-hydrogen) atoms. The van der Waals surface area contributed by atoms with Crippen molar-refractivity contribution in [2.45, 2.75) is 19.4 Å². The molecule has 5 nitrogen and oxygen atoms in total. The van der Waals surface area contributed by atoms with Gasteiger partial charge in [0, 0.05) is 17.1 Å². The van der Waals surface area contributed by atoms with E-state index in [1.807, 2.05) is 49.4 Å². The van der Waals surface area contributed by atoms with Crippen LogP contribution in [0.5, 0.6) is 17.2 Å². The summed E-state index contributed by atoms with van der Waals surface area (Å²) in [6, 6.07) is 19.1. The molecule has 1 heterocycles. The van der Waals surface area contributed by atoms with Crippen molar-refractivity contribution >= 4 is 22.4 Å². The molecule has 0 aliphatic carbocycles. The van der Waals surface area contributed by atoms with E-state index in [-0.39, 0.29) is 12.7 Å². The summed E-state index contributed by atoms with van der Waals surface area (Å²) in [6.07, 6.45) is -0.0363. The van der Waals surface area contributed by atoms with Gasteiger partial charge in [-0.1, -0.05) is 43.3 Å². The molecule has 0 spiro atoms. The molecule has 0 saturated carbocycles. The van der Waals surface area contributed by atoms with E-state index in [0.29, 0.717) is 29.4 Å². The van der Waals surface area contributed by atoms with Crippen LogP contribution in [0.1, 0.15) is 13.3 Å². The lowest BCUT2D eigenvalue weighted by molar-refractivity contribution is -0.122. The van der Waals surface area contributed by atoms with Crippen LogP contribution in [0.3, 0.4) is 0 Å². The predicted molar refractivity (Wildman–Crippen MR) is 99.8 cm³/mol. The Morgan fingerprint density at radius 3 is 2.77 bits per heavy atom. The highest BCUT2D eigenvalue weighted by Crippen LogP contribution is 2.34. The third-order valence-electron chi connectivity index (χ3n) is 4.32. The van der Waals surface area contributed by atoms with Crippen molar-refractivity contribution in [3.8, 4) is 17.2 Å². The minimum Gasteiger partial charge on any atom is -0.480 e. The smallest absolute Gasteiger partial charge is 0.265 e. The number of benzene rings is 3. The number of hydrogen-bond acceptors (Lipinski definition) is 4. The van der Waals surface area contributed by atoms with Crippen LogP contribution in [0.15, 0.2) is 60.7 Å². The molecule has 0 bridgehead atoms. The summed E-state index contributed by atoms with van der Waals surface area (Å²) >= 11 is 0. The molecule has 1 atom stereocenters. The van der Waals surface area contributed by atoms with Crippen LogP contribution in [0.2, 0.25) is 0 Å². The van der Waals surface area contributed by atoms with E-state index in [2.05, 4.69) is 5.32 Å². The van der Waals surface area contributed by atoms with E-state index in [1.165, 1.54) is 0 Å². The maximum Gasteiger partial charge on any atom is 0.265 e. The largest absolute Gasteiger partial charge is 0.480 e. The molecule has 0 aromatic heterocycles. The first-order chi connectivity index (χ1) is 12.7. The molecule has 0 saturated heterocycles. The lowest BCUT2D eigenvalue weighted by atomic mass is 10.1. The highest BCUT2D eigenvalue weighted by atomic mass is 16.7. The average molecular weight is 349 g/mol. The van der Waals surface area contributed by atoms with Crippen LogP contribution in [-0.2, 0) is 4.79 Å². The molecule has 5 heteroatoms. The fourth-order valence-corrected chi connectivity index (χ4v) is 2.97. The second-order valence-corrected chi connectivity index (χ2v) is 6.05. The summed E-state index contributed by atoms with van der Waals surface area (Å²) in [6.45, 7) is 2.13. The van der Waals surface area contributed by atoms with Crippen LogP contribution in [-0.4, -0.2) is 18.8 Å². The molecule has 3 aromatic carbocycles. The van der Waals surface area contributed by atoms with E-state index in [0.717, 1.165) is 10.8 Å². The van der Waals surface area contributed by atoms with E-state index >= 15 is 0 Å². The monoisotopic (exact) mass is 349 g/mol. The molecule has 1 amide bonds. The van der Waals surface area contributed by atoms with Crippen molar-refractivity contribution in [1.29, 1.82) is 0 Å². The SMILES string of the molecule is CC[C@@H](Oc1cccc2ccccc12)C(=O)Nc1ccc2c(c1)OCO2.